The molecule has 134 valence electrons. The summed E-state index contributed by atoms with van der Waals surface area (Å²) < 4.78 is 0. The summed E-state index contributed by atoms with van der Waals surface area (Å²) in [6.45, 7) is 2.41. The lowest BCUT2D eigenvalue weighted by atomic mass is 10.1. The van der Waals surface area contributed by atoms with E-state index in [9.17, 15) is 14.7 Å². The highest BCUT2D eigenvalue weighted by Crippen LogP contribution is 2.25. The number of nitrogens with one attached hydrogen (secondary N) is 1. The maximum absolute atomic E-state index is 12.3. The standard InChI is InChI=1S/C20H21N3O3/c1-2-14-7-9-17(10-8-14)23-13-16(11-19(23)25)20(26)22-21-12-15-5-3-4-6-18(15)24/h3-10,12,16,24H,2,11,13H2,1H3,(H,22,26)/b21-12+/t16-/m1/s1. The molecule has 0 saturated carbocycles. The number of anilines is 1. The van der Waals surface area contributed by atoms with E-state index >= 15 is 0 Å². The van der Waals surface area contributed by atoms with E-state index in [0.29, 0.717) is 12.1 Å². The van der Waals surface area contributed by atoms with Gasteiger partial charge >= 0.3 is 0 Å². The van der Waals surface area contributed by atoms with Crippen LogP contribution in [0.25, 0.3) is 0 Å². The molecule has 1 fully saturated rings. The number of nitrogens with zero attached hydrogens (tertiary/aromatic N) is 2. The Bertz CT molecular complexity index is 830. The second-order valence-electron chi connectivity index (χ2n) is 6.22. The average Bonchev–Trinajstić information content (AvgIpc) is 3.05. The van der Waals surface area contributed by atoms with E-state index in [1.165, 1.54) is 11.8 Å². The van der Waals surface area contributed by atoms with Gasteiger partial charge in [-0.3, -0.25) is 9.59 Å². The van der Waals surface area contributed by atoms with Gasteiger partial charge in [-0.05, 0) is 36.2 Å². The maximum atomic E-state index is 12.3. The number of hydrazone groups is 1. The van der Waals surface area contributed by atoms with Crippen molar-refractivity contribution < 1.29 is 14.7 Å². The minimum absolute atomic E-state index is 0.0703. The van der Waals surface area contributed by atoms with E-state index in [-0.39, 0.29) is 24.0 Å². The number of aryl methyl sites for hydroxylation is 1. The van der Waals surface area contributed by atoms with Crippen LogP contribution in [0.2, 0.25) is 0 Å². The first-order valence-corrected chi connectivity index (χ1v) is 8.58. The number of rotatable bonds is 5. The largest absolute Gasteiger partial charge is 0.507 e. The number of hydrogen-bond acceptors (Lipinski definition) is 4. The highest BCUT2D eigenvalue weighted by molar-refractivity contribution is 6.00. The van der Waals surface area contributed by atoms with Crippen molar-refractivity contribution in [2.75, 3.05) is 11.4 Å². The summed E-state index contributed by atoms with van der Waals surface area (Å²) in [5.41, 5.74) is 4.97. The molecule has 2 N–H and O–H groups in total. The number of amides is 2. The number of carbonyl (C=O) groups excluding carboxylic acids is 2. The quantitative estimate of drug-likeness (QED) is 0.641. The normalized spacial score (nSPS) is 17.0. The zero-order valence-electron chi connectivity index (χ0n) is 14.6. The molecule has 1 aliphatic heterocycles. The average molecular weight is 351 g/mol. The third-order valence-electron chi connectivity index (χ3n) is 4.47. The molecule has 0 spiro atoms. The number of hydrogen-bond donors (Lipinski definition) is 2. The van der Waals surface area contributed by atoms with Crippen LogP contribution >= 0.6 is 0 Å². The van der Waals surface area contributed by atoms with Gasteiger partial charge in [0, 0.05) is 24.2 Å². The summed E-state index contributed by atoms with van der Waals surface area (Å²) in [4.78, 5) is 26.2. The van der Waals surface area contributed by atoms with Crippen LogP contribution in [0.15, 0.2) is 53.6 Å². The van der Waals surface area contributed by atoms with Gasteiger partial charge in [-0.2, -0.15) is 5.10 Å². The molecule has 2 aromatic carbocycles. The van der Waals surface area contributed by atoms with Gasteiger partial charge in [0.15, 0.2) is 0 Å². The Kier molecular flexibility index (Phi) is 5.31. The van der Waals surface area contributed by atoms with E-state index in [1.807, 2.05) is 24.3 Å². The molecular formula is C20H21N3O3. The van der Waals surface area contributed by atoms with Crippen LogP contribution in [0.3, 0.4) is 0 Å². The van der Waals surface area contributed by atoms with Crippen molar-refractivity contribution in [3.05, 3.63) is 59.7 Å². The summed E-state index contributed by atoms with van der Waals surface area (Å²) in [5.74, 6) is -0.741. The van der Waals surface area contributed by atoms with E-state index in [4.69, 9.17) is 0 Å². The zero-order chi connectivity index (χ0) is 18.5. The molecule has 0 bridgehead atoms. The third kappa shape index (κ3) is 3.91. The first-order chi connectivity index (χ1) is 12.6. The summed E-state index contributed by atoms with van der Waals surface area (Å²) in [5, 5.41) is 13.5. The molecular weight excluding hydrogens is 330 g/mol. The lowest BCUT2D eigenvalue weighted by molar-refractivity contribution is -0.126. The summed E-state index contributed by atoms with van der Waals surface area (Å²) in [6.07, 6.45) is 2.48. The molecule has 2 amide bonds. The molecule has 3 rings (SSSR count). The number of phenolic OH excluding ortho intramolecular Hbond substituents is 1. The van der Waals surface area contributed by atoms with Crippen LogP contribution in [-0.2, 0) is 16.0 Å². The molecule has 6 heteroatoms. The lowest BCUT2D eigenvalue weighted by Gasteiger charge is -2.16. The SMILES string of the molecule is CCc1ccc(N2C[C@H](C(=O)N/N=C/c3ccccc3O)CC2=O)cc1. The van der Waals surface area contributed by atoms with Crippen LogP contribution in [0.1, 0.15) is 24.5 Å². The Morgan fingerprint density at radius 3 is 2.69 bits per heavy atom. The summed E-state index contributed by atoms with van der Waals surface area (Å²) in [7, 11) is 0. The first kappa shape index (κ1) is 17.7. The molecule has 1 saturated heterocycles. The number of phenols is 1. The minimum Gasteiger partial charge on any atom is -0.507 e. The Hall–Kier alpha value is -3.15. The van der Waals surface area contributed by atoms with Crippen molar-refractivity contribution >= 4 is 23.7 Å². The highest BCUT2D eigenvalue weighted by atomic mass is 16.3. The molecule has 0 aliphatic carbocycles. The van der Waals surface area contributed by atoms with Gasteiger partial charge < -0.3 is 10.0 Å². The fourth-order valence-corrected chi connectivity index (χ4v) is 2.90. The molecule has 6 nitrogen and oxygen atoms in total. The van der Waals surface area contributed by atoms with Crippen molar-refractivity contribution in [3.63, 3.8) is 0 Å². The Labute approximate surface area is 152 Å². The Morgan fingerprint density at radius 2 is 2.00 bits per heavy atom. The number of benzene rings is 2. The summed E-state index contributed by atoms with van der Waals surface area (Å²) >= 11 is 0. The number of carbonyl (C=O) groups is 2. The van der Waals surface area contributed by atoms with Crippen LogP contribution < -0.4 is 10.3 Å². The van der Waals surface area contributed by atoms with E-state index in [2.05, 4.69) is 17.5 Å². The molecule has 0 aromatic heterocycles. The summed E-state index contributed by atoms with van der Waals surface area (Å²) in [6, 6.07) is 14.5. The predicted molar refractivity (Wildman–Crippen MR) is 100 cm³/mol. The topological polar surface area (TPSA) is 82.0 Å². The van der Waals surface area contributed by atoms with Gasteiger partial charge in [0.25, 0.3) is 0 Å². The zero-order valence-corrected chi connectivity index (χ0v) is 14.6. The van der Waals surface area contributed by atoms with Crippen molar-refractivity contribution in [1.29, 1.82) is 0 Å². The molecule has 0 unspecified atom stereocenters. The molecule has 1 heterocycles. The molecule has 2 aromatic rings. The van der Waals surface area contributed by atoms with Crippen LogP contribution in [0, 0.1) is 5.92 Å². The minimum atomic E-state index is -0.449. The lowest BCUT2D eigenvalue weighted by Crippen LogP contribution is -2.30. The van der Waals surface area contributed by atoms with E-state index in [0.717, 1.165) is 12.1 Å². The number of para-hydroxylation sites is 1. The van der Waals surface area contributed by atoms with Crippen molar-refractivity contribution in [3.8, 4) is 5.75 Å². The molecule has 1 aliphatic rings. The van der Waals surface area contributed by atoms with Crippen LogP contribution in [0.4, 0.5) is 5.69 Å². The first-order valence-electron chi connectivity index (χ1n) is 8.58. The monoisotopic (exact) mass is 351 g/mol. The molecule has 1 atom stereocenters. The van der Waals surface area contributed by atoms with Gasteiger partial charge in [0.1, 0.15) is 5.75 Å². The van der Waals surface area contributed by atoms with Crippen molar-refractivity contribution in [1.82, 2.24) is 5.43 Å². The van der Waals surface area contributed by atoms with E-state index in [1.54, 1.807) is 29.2 Å². The van der Waals surface area contributed by atoms with Gasteiger partial charge in [0.2, 0.25) is 11.8 Å². The van der Waals surface area contributed by atoms with Crippen LogP contribution in [0.5, 0.6) is 5.75 Å². The third-order valence-corrected chi connectivity index (χ3v) is 4.47. The highest BCUT2D eigenvalue weighted by Gasteiger charge is 2.35. The van der Waals surface area contributed by atoms with E-state index < -0.39 is 5.92 Å². The fraction of sp³-hybridized carbons (Fsp3) is 0.250. The molecule has 26 heavy (non-hydrogen) atoms. The van der Waals surface area contributed by atoms with Crippen molar-refractivity contribution in [2.24, 2.45) is 11.0 Å². The Morgan fingerprint density at radius 1 is 1.27 bits per heavy atom. The van der Waals surface area contributed by atoms with Crippen molar-refractivity contribution in [2.45, 2.75) is 19.8 Å². The number of aromatic hydroxyl groups is 1. The fourth-order valence-electron chi connectivity index (χ4n) is 2.90. The predicted octanol–water partition coefficient (Wildman–Crippen LogP) is 2.46. The second-order valence-corrected chi connectivity index (χ2v) is 6.22. The molecule has 0 radical (unpaired) electrons. The second kappa shape index (κ2) is 7.82. The van der Waals surface area contributed by atoms with Gasteiger partial charge in [-0.1, -0.05) is 31.2 Å². The van der Waals surface area contributed by atoms with Gasteiger partial charge in [-0.15, -0.1) is 0 Å². The van der Waals surface area contributed by atoms with Gasteiger partial charge in [0.05, 0.1) is 12.1 Å². The van der Waals surface area contributed by atoms with Crippen LogP contribution in [-0.4, -0.2) is 29.7 Å². The smallest absolute Gasteiger partial charge is 0.245 e. The van der Waals surface area contributed by atoms with Gasteiger partial charge in [-0.25, -0.2) is 5.43 Å². The Balaban J connectivity index is 1.60. The maximum Gasteiger partial charge on any atom is 0.245 e.